The van der Waals surface area contributed by atoms with Gasteiger partial charge >= 0.3 is 5.97 Å². The lowest BCUT2D eigenvalue weighted by molar-refractivity contribution is -0.137. The second-order valence-corrected chi connectivity index (χ2v) is 6.20. The normalized spacial score (nSPS) is 12.9. The molecule has 0 amide bonds. The lowest BCUT2D eigenvalue weighted by Gasteiger charge is -2.12. The predicted octanol–water partition coefficient (Wildman–Crippen LogP) is 1.12. The molecule has 1 aromatic rings. The first-order chi connectivity index (χ1) is 8.85. The van der Waals surface area contributed by atoms with Crippen LogP contribution in [0.25, 0.3) is 0 Å². The fourth-order valence-electron chi connectivity index (χ4n) is 1.53. The number of sulfonamides is 1. The second kappa shape index (κ2) is 6.53. The molecule has 0 radical (unpaired) electrons. The van der Waals surface area contributed by atoms with Gasteiger partial charge in [0.15, 0.2) is 0 Å². The number of rotatable bonds is 7. The monoisotopic (exact) mass is 286 g/mol. The number of hydrogen-bond acceptors (Lipinski definition) is 4. The third-order valence-corrected chi connectivity index (χ3v) is 4.04. The molecular formula is C12H18N2O4S. The van der Waals surface area contributed by atoms with Gasteiger partial charge in [-0.1, -0.05) is 6.92 Å². The van der Waals surface area contributed by atoms with Gasteiger partial charge in [-0.2, -0.15) is 0 Å². The van der Waals surface area contributed by atoms with Crippen LogP contribution in [-0.2, 0) is 14.8 Å². The number of carboxylic acid groups (broad SMARTS) is 1. The minimum Gasteiger partial charge on any atom is -0.481 e. The highest BCUT2D eigenvalue weighted by Crippen LogP contribution is 2.14. The molecule has 0 aromatic heterocycles. The Labute approximate surface area is 112 Å². The van der Waals surface area contributed by atoms with Crippen LogP contribution < -0.4 is 10.0 Å². The van der Waals surface area contributed by atoms with Gasteiger partial charge in [0.05, 0.1) is 4.90 Å². The van der Waals surface area contributed by atoms with Gasteiger partial charge in [0, 0.05) is 18.7 Å². The Balaban J connectivity index is 2.61. The average molecular weight is 286 g/mol. The number of hydrogen-bond donors (Lipinski definition) is 3. The van der Waals surface area contributed by atoms with Crippen molar-refractivity contribution in [1.82, 2.24) is 4.72 Å². The summed E-state index contributed by atoms with van der Waals surface area (Å²) in [5.74, 6) is -0.831. The summed E-state index contributed by atoms with van der Waals surface area (Å²) in [7, 11) is -2.06. The van der Waals surface area contributed by atoms with E-state index in [1.54, 1.807) is 12.1 Å². The number of anilines is 1. The molecular weight excluding hydrogens is 268 g/mol. The SMILES string of the molecule is CNS(=O)(=O)c1ccc(NCC(C)CC(=O)O)cc1. The third-order valence-electron chi connectivity index (χ3n) is 2.61. The van der Waals surface area contributed by atoms with E-state index in [-0.39, 0.29) is 17.2 Å². The molecule has 0 aliphatic carbocycles. The summed E-state index contributed by atoms with van der Waals surface area (Å²) in [5.41, 5.74) is 0.757. The standard InChI is InChI=1S/C12H18N2O4S/c1-9(7-12(15)16)8-14-10-3-5-11(6-4-10)19(17,18)13-2/h3-6,9,13-14H,7-8H2,1-2H3,(H,15,16). The molecule has 6 nitrogen and oxygen atoms in total. The van der Waals surface area contributed by atoms with Crippen LogP contribution in [0.3, 0.4) is 0 Å². The summed E-state index contributed by atoms with van der Waals surface area (Å²) in [6, 6.07) is 6.29. The van der Waals surface area contributed by atoms with Crippen LogP contribution in [0, 0.1) is 5.92 Å². The topological polar surface area (TPSA) is 95.5 Å². The quantitative estimate of drug-likeness (QED) is 0.698. The molecule has 19 heavy (non-hydrogen) atoms. The Hall–Kier alpha value is -1.60. The molecule has 1 rings (SSSR count). The van der Waals surface area contributed by atoms with Gasteiger partial charge in [0.25, 0.3) is 0 Å². The lowest BCUT2D eigenvalue weighted by Crippen LogP contribution is -2.18. The predicted molar refractivity (Wildman–Crippen MR) is 72.6 cm³/mol. The van der Waals surface area contributed by atoms with Crippen LogP contribution in [0.5, 0.6) is 0 Å². The van der Waals surface area contributed by atoms with E-state index < -0.39 is 16.0 Å². The average Bonchev–Trinajstić information content (AvgIpc) is 2.36. The van der Waals surface area contributed by atoms with E-state index in [4.69, 9.17) is 5.11 Å². The number of carboxylic acids is 1. The van der Waals surface area contributed by atoms with Crippen LogP contribution in [0.1, 0.15) is 13.3 Å². The highest BCUT2D eigenvalue weighted by Gasteiger charge is 2.11. The van der Waals surface area contributed by atoms with Gasteiger partial charge in [-0.15, -0.1) is 0 Å². The van der Waals surface area contributed by atoms with Crippen LogP contribution in [0.15, 0.2) is 29.2 Å². The Morgan fingerprint density at radius 1 is 1.32 bits per heavy atom. The van der Waals surface area contributed by atoms with Gasteiger partial charge in [-0.25, -0.2) is 13.1 Å². The maximum absolute atomic E-state index is 11.5. The molecule has 7 heteroatoms. The van der Waals surface area contributed by atoms with E-state index in [1.807, 2.05) is 6.92 Å². The highest BCUT2D eigenvalue weighted by molar-refractivity contribution is 7.89. The van der Waals surface area contributed by atoms with Gasteiger partial charge in [0.2, 0.25) is 10.0 Å². The first kappa shape index (κ1) is 15.5. The summed E-state index contributed by atoms with van der Waals surface area (Å²) in [6.45, 7) is 2.35. The molecule has 106 valence electrons. The molecule has 1 atom stereocenters. The smallest absolute Gasteiger partial charge is 0.303 e. The van der Waals surface area contributed by atoms with Gasteiger partial charge in [-0.3, -0.25) is 4.79 Å². The van der Waals surface area contributed by atoms with Crippen molar-refractivity contribution in [3.8, 4) is 0 Å². The molecule has 1 aromatic carbocycles. The number of benzene rings is 1. The Kier molecular flexibility index (Phi) is 5.31. The Morgan fingerprint density at radius 2 is 1.89 bits per heavy atom. The highest BCUT2D eigenvalue weighted by atomic mass is 32.2. The second-order valence-electron chi connectivity index (χ2n) is 4.32. The van der Waals surface area contributed by atoms with Crippen molar-refractivity contribution in [1.29, 1.82) is 0 Å². The van der Waals surface area contributed by atoms with Crippen LogP contribution >= 0.6 is 0 Å². The first-order valence-corrected chi connectivity index (χ1v) is 7.32. The van der Waals surface area contributed by atoms with E-state index in [1.165, 1.54) is 19.2 Å². The molecule has 3 N–H and O–H groups in total. The maximum Gasteiger partial charge on any atom is 0.303 e. The minimum atomic E-state index is -3.42. The molecule has 0 aliphatic heterocycles. The zero-order valence-electron chi connectivity index (χ0n) is 10.9. The molecule has 0 aliphatic rings. The summed E-state index contributed by atoms with van der Waals surface area (Å²) in [6.07, 6.45) is 0.0964. The fraction of sp³-hybridized carbons (Fsp3) is 0.417. The molecule has 1 unspecified atom stereocenters. The molecule has 0 bridgehead atoms. The molecule has 0 fully saturated rings. The van der Waals surface area contributed by atoms with Crippen molar-refractivity contribution in [2.24, 2.45) is 5.92 Å². The van der Waals surface area contributed by atoms with Gasteiger partial charge in [0.1, 0.15) is 0 Å². The maximum atomic E-state index is 11.5. The van der Waals surface area contributed by atoms with Crippen molar-refractivity contribution in [3.05, 3.63) is 24.3 Å². The largest absolute Gasteiger partial charge is 0.481 e. The summed E-state index contributed by atoms with van der Waals surface area (Å²) in [4.78, 5) is 10.7. The molecule has 0 saturated carbocycles. The zero-order valence-corrected chi connectivity index (χ0v) is 11.7. The number of aliphatic carboxylic acids is 1. The van der Waals surface area contributed by atoms with Crippen LogP contribution in [0.4, 0.5) is 5.69 Å². The summed E-state index contributed by atoms with van der Waals surface area (Å²) >= 11 is 0. The molecule has 0 heterocycles. The van der Waals surface area contributed by atoms with Crippen molar-refractivity contribution in [3.63, 3.8) is 0 Å². The van der Waals surface area contributed by atoms with E-state index in [9.17, 15) is 13.2 Å². The van der Waals surface area contributed by atoms with Gasteiger partial charge < -0.3 is 10.4 Å². The van der Waals surface area contributed by atoms with E-state index >= 15 is 0 Å². The minimum absolute atomic E-state index is 0.00165. The van der Waals surface area contributed by atoms with E-state index in [2.05, 4.69) is 10.0 Å². The first-order valence-electron chi connectivity index (χ1n) is 5.84. The number of carbonyl (C=O) groups is 1. The van der Waals surface area contributed by atoms with Crippen LogP contribution in [0.2, 0.25) is 0 Å². The third kappa shape index (κ3) is 4.88. The Bertz CT molecular complexity index is 525. The van der Waals surface area contributed by atoms with Gasteiger partial charge in [-0.05, 0) is 37.2 Å². The van der Waals surface area contributed by atoms with Crippen molar-refractivity contribution in [2.75, 3.05) is 18.9 Å². The molecule has 0 spiro atoms. The Morgan fingerprint density at radius 3 is 2.37 bits per heavy atom. The fourth-order valence-corrected chi connectivity index (χ4v) is 2.26. The lowest BCUT2D eigenvalue weighted by atomic mass is 10.1. The van der Waals surface area contributed by atoms with Crippen molar-refractivity contribution >= 4 is 21.7 Å². The van der Waals surface area contributed by atoms with Crippen molar-refractivity contribution < 1.29 is 18.3 Å². The molecule has 0 saturated heterocycles. The zero-order chi connectivity index (χ0) is 14.5. The summed E-state index contributed by atoms with van der Waals surface area (Å²) < 4.78 is 25.2. The van der Waals surface area contributed by atoms with E-state index in [0.717, 1.165) is 5.69 Å². The van der Waals surface area contributed by atoms with Crippen molar-refractivity contribution in [2.45, 2.75) is 18.2 Å². The van der Waals surface area contributed by atoms with E-state index in [0.29, 0.717) is 6.54 Å². The number of nitrogens with one attached hydrogen (secondary N) is 2. The van der Waals surface area contributed by atoms with Crippen LogP contribution in [-0.4, -0.2) is 33.1 Å². The summed E-state index contributed by atoms with van der Waals surface area (Å²) in [5, 5.41) is 11.7.